The van der Waals surface area contributed by atoms with Gasteiger partial charge in [-0.15, -0.1) is 0 Å². The molecule has 0 unspecified atom stereocenters. The largest absolute Gasteiger partial charge is 0.383 e. The first kappa shape index (κ1) is 13.4. The van der Waals surface area contributed by atoms with Crippen molar-refractivity contribution in [2.24, 2.45) is 5.41 Å². The number of fused-ring (bicyclic) bond motifs is 1. The van der Waals surface area contributed by atoms with Crippen LogP contribution < -0.4 is 5.32 Å². The number of nitrogens with zero attached hydrogens (tertiary/aromatic N) is 2. The Hall–Kier alpha value is -2.08. The molecule has 98 valence electrons. The monoisotopic (exact) mass is 253 g/mol. The lowest BCUT2D eigenvalue weighted by molar-refractivity contribution is 0.390. The zero-order chi connectivity index (χ0) is 13.9. The van der Waals surface area contributed by atoms with Crippen molar-refractivity contribution in [3.05, 3.63) is 36.0 Å². The number of anilines is 1. The third-order valence-corrected chi connectivity index (χ3v) is 3.07. The van der Waals surface area contributed by atoms with E-state index >= 15 is 0 Å². The maximum absolute atomic E-state index is 9.21. The smallest absolute Gasteiger partial charge is 0.103 e. The maximum atomic E-state index is 9.21. The van der Waals surface area contributed by atoms with Crippen LogP contribution >= 0.6 is 0 Å². The topological polar surface area (TPSA) is 48.7 Å². The van der Waals surface area contributed by atoms with Gasteiger partial charge in [0.25, 0.3) is 0 Å². The Balaban J connectivity index is 2.32. The lowest BCUT2D eigenvalue weighted by atomic mass is 9.92. The molecule has 19 heavy (non-hydrogen) atoms. The average Bonchev–Trinajstić information content (AvgIpc) is 2.37. The number of pyridine rings is 1. The Kier molecular flexibility index (Phi) is 3.71. The first-order valence-electron chi connectivity index (χ1n) is 6.53. The molecule has 0 aliphatic heterocycles. The zero-order valence-corrected chi connectivity index (χ0v) is 11.7. The molecule has 1 heterocycles. The number of hydrogen-bond acceptors (Lipinski definition) is 3. The van der Waals surface area contributed by atoms with Crippen LogP contribution in [0, 0.1) is 16.7 Å². The highest BCUT2D eigenvalue weighted by Gasteiger charge is 2.12. The van der Waals surface area contributed by atoms with Crippen LogP contribution in [0.5, 0.6) is 0 Å². The Labute approximate surface area is 114 Å². The average molecular weight is 253 g/mol. The van der Waals surface area contributed by atoms with Gasteiger partial charge in [-0.3, -0.25) is 4.98 Å². The second-order valence-electron chi connectivity index (χ2n) is 5.91. The highest BCUT2D eigenvalue weighted by Crippen LogP contribution is 2.26. The SMILES string of the molecule is CC(C)(C)CCNc1c(C#N)cnc2ccccc12. The zero-order valence-electron chi connectivity index (χ0n) is 11.7. The lowest BCUT2D eigenvalue weighted by Gasteiger charge is -2.19. The number of nitrogens with one attached hydrogen (secondary N) is 1. The fourth-order valence-electron chi connectivity index (χ4n) is 1.98. The predicted octanol–water partition coefficient (Wildman–Crippen LogP) is 3.95. The predicted molar refractivity (Wildman–Crippen MR) is 79.0 cm³/mol. The summed E-state index contributed by atoms with van der Waals surface area (Å²) in [6.07, 6.45) is 2.69. The minimum absolute atomic E-state index is 0.280. The molecule has 0 fully saturated rings. The van der Waals surface area contributed by atoms with Crippen LogP contribution in [-0.4, -0.2) is 11.5 Å². The summed E-state index contributed by atoms with van der Waals surface area (Å²) in [7, 11) is 0. The van der Waals surface area contributed by atoms with E-state index in [1.165, 1.54) is 0 Å². The fourth-order valence-corrected chi connectivity index (χ4v) is 1.98. The van der Waals surface area contributed by atoms with Crippen LogP contribution in [0.3, 0.4) is 0 Å². The van der Waals surface area contributed by atoms with Gasteiger partial charge in [-0.05, 0) is 17.9 Å². The van der Waals surface area contributed by atoms with Gasteiger partial charge in [0.05, 0.1) is 16.8 Å². The Morgan fingerprint density at radius 3 is 2.68 bits per heavy atom. The highest BCUT2D eigenvalue weighted by atomic mass is 14.9. The van der Waals surface area contributed by atoms with Crippen molar-refractivity contribution in [1.82, 2.24) is 4.98 Å². The van der Waals surface area contributed by atoms with E-state index in [-0.39, 0.29) is 5.41 Å². The summed E-state index contributed by atoms with van der Waals surface area (Å²) in [6, 6.07) is 10.1. The third-order valence-electron chi connectivity index (χ3n) is 3.07. The first-order chi connectivity index (χ1) is 9.01. The molecule has 2 aromatic rings. The highest BCUT2D eigenvalue weighted by molar-refractivity contribution is 5.93. The third kappa shape index (κ3) is 3.23. The number of para-hydroxylation sites is 1. The lowest BCUT2D eigenvalue weighted by Crippen LogP contribution is -2.13. The quantitative estimate of drug-likeness (QED) is 0.900. The Morgan fingerprint density at radius 1 is 1.26 bits per heavy atom. The van der Waals surface area contributed by atoms with Crippen molar-refractivity contribution in [1.29, 1.82) is 5.26 Å². The van der Waals surface area contributed by atoms with Gasteiger partial charge in [-0.2, -0.15) is 5.26 Å². The molecule has 0 bridgehead atoms. The van der Waals surface area contributed by atoms with E-state index in [1.54, 1.807) is 6.20 Å². The summed E-state index contributed by atoms with van der Waals surface area (Å²) in [5.41, 5.74) is 2.70. The molecular formula is C16H19N3. The summed E-state index contributed by atoms with van der Waals surface area (Å²) in [6.45, 7) is 7.49. The minimum atomic E-state index is 0.280. The number of rotatable bonds is 3. The molecule has 3 nitrogen and oxygen atoms in total. The Morgan fingerprint density at radius 2 is 2.00 bits per heavy atom. The molecule has 1 N–H and O–H groups in total. The first-order valence-corrected chi connectivity index (χ1v) is 6.53. The summed E-state index contributed by atoms with van der Waals surface area (Å²) >= 11 is 0. The molecule has 0 saturated heterocycles. The second-order valence-corrected chi connectivity index (χ2v) is 5.91. The van der Waals surface area contributed by atoms with Gasteiger partial charge in [0.1, 0.15) is 6.07 Å². The van der Waals surface area contributed by atoms with E-state index in [2.05, 4.69) is 37.1 Å². The molecular weight excluding hydrogens is 234 g/mol. The van der Waals surface area contributed by atoms with Crippen molar-refractivity contribution in [3.8, 4) is 6.07 Å². The normalized spacial score (nSPS) is 11.3. The van der Waals surface area contributed by atoms with Crippen molar-refractivity contribution < 1.29 is 0 Å². The van der Waals surface area contributed by atoms with Gasteiger partial charge in [0.15, 0.2) is 0 Å². The van der Waals surface area contributed by atoms with Crippen LogP contribution in [0.1, 0.15) is 32.8 Å². The molecule has 3 heteroatoms. The number of aromatic nitrogens is 1. The molecule has 0 aliphatic rings. The minimum Gasteiger partial charge on any atom is -0.383 e. The van der Waals surface area contributed by atoms with E-state index in [0.717, 1.165) is 29.6 Å². The van der Waals surface area contributed by atoms with Crippen LogP contribution in [0.4, 0.5) is 5.69 Å². The molecule has 0 radical (unpaired) electrons. The summed E-state index contributed by atoms with van der Waals surface area (Å²) in [5, 5.41) is 13.6. The van der Waals surface area contributed by atoms with Crippen molar-refractivity contribution >= 4 is 16.6 Å². The van der Waals surface area contributed by atoms with Gasteiger partial charge < -0.3 is 5.32 Å². The van der Waals surface area contributed by atoms with Crippen LogP contribution in [0.25, 0.3) is 10.9 Å². The molecule has 0 spiro atoms. The molecule has 0 saturated carbocycles. The number of nitriles is 1. The van der Waals surface area contributed by atoms with Gasteiger partial charge in [0.2, 0.25) is 0 Å². The van der Waals surface area contributed by atoms with Crippen LogP contribution in [0.15, 0.2) is 30.5 Å². The van der Waals surface area contributed by atoms with Gasteiger partial charge in [-0.25, -0.2) is 0 Å². The van der Waals surface area contributed by atoms with E-state index in [0.29, 0.717) is 5.56 Å². The van der Waals surface area contributed by atoms with Crippen molar-refractivity contribution in [2.75, 3.05) is 11.9 Å². The molecule has 0 atom stereocenters. The maximum Gasteiger partial charge on any atom is 0.103 e. The summed E-state index contributed by atoms with van der Waals surface area (Å²) in [5.74, 6) is 0. The molecule has 0 amide bonds. The van der Waals surface area contributed by atoms with E-state index in [1.807, 2.05) is 24.3 Å². The standard InChI is InChI=1S/C16H19N3/c1-16(2,3)8-9-18-15-12(10-17)11-19-14-7-5-4-6-13(14)15/h4-7,11H,8-9H2,1-3H3,(H,18,19). The van der Waals surface area contributed by atoms with Gasteiger partial charge in [-0.1, -0.05) is 39.0 Å². The number of benzene rings is 1. The van der Waals surface area contributed by atoms with Crippen molar-refractivity contribution in [3.63, 3.8) is 0 Å². The van der Waals surface area contributed by atoms with Crippen LogP contribution in [-0.2, 0) is 0 Å². The summed E-state index contributed by atoms with van der Waals surface area (Å²) < 4.78 is 0. The molecule has 0 aliphatic carbocycles. The van der Waals surface area contributed by atoms with Gasteiger partial charge >= 0.3 is 0 Å². The summed E-state index contributed by atoms with van der Waals surface area (Å²) in [4.78, 5) is 4.31. The van der Waals surface area contributed by atoms with E-state index in [4.69, 9.17) is 0 Å². The van der Waals surface area contributed by atoms with E-state index in [9.17, 15) is 5.26 Å². The fraction of sp³-hybridized carbons (Fsp3) is 0.375. The van der Waals surface area contributed by atoms with Crippen LogP contribution in [0.2, 0.25) is 0 Å². The second kappa shape index (κ2) is 5.27. The number of hydrogen-bond donors (Lipinski definition) is 1. The van der Waals surface area contributed by atoms with E-state index < -0.39 is 0 Å². The van der Waals surface area contributed by atoms with Crippen molar-refractivity contribution in [2.45, 2.75) is 27.2 Å². The molecule has 1 aromatic carbocycles. The molecule has 1 aromatic heterocycles. The van der Waals surface area contributed by atoms with Gasteiger partial charge in [0, 0.05) is 18.1 Å². The molecule has 2 rings (SSSR count). The Bertz CT molecular complexity index is 618.